The summed E-state index contributed by atoms with van der Waals surface area (Å²) in [7, 11) is 0. The first kappa shape index (κ1) is 13.6. The van der Waals surface area contributed by atoms with Crippen molar-refractivity contribution in [2.75, 3.05) is 0 Å². The van der Waals surface area contributed by atoms with E-state index in [1.807, 2.05) is 18.2 Å². The van der Waals surface area contributed by atoms with Crippen LogP contribution in [0.25, 0.3) is 0 Å². The maximum Gasteiger partial charge on any atom is 0.127 e. The summed E-state index contributed by atoms with van der Waals surface area (Å²) in [4.78, 5) is 0. The second-order valence-corrected chi connectivity index (χ2v) is 5.53. The molecule has 1 aliphatic rings. The van der Waals surface area contributed by atoms with Crippen LogP contribution in [0.4, 0.5) is 4.39 Å². The Kier molecular flexibility index (Phi) is 3.50. The van der Waals surface area contributed by atoms with Gasteiger partial charge in [-0.1, -0.05) is 29.8 Å². The van der Waals surface area contributed by atoms with Gasteiger partial charge in [-0.25, -0.2) is 4.39 Å². The van der Waals surface area contributed by atoms with Crippen LogP contribution in [0.15, 0.2) is 30.3 Å². The topological polar surface area (TPSA) is 35.2 Å². The minimum atomic E-state index is -0.368. The fraction of sp³-hybridized carbons (Fsp3) is 0.250. The quantitative estimate of drug-likeness (QED) is 0.912. The summed E-state index contributed by atoms with van der Waals surface area (Å²) in [6.07, 6.45) is 0. The number of benzene rings is 2. The molecule has 0 aromatic heterocycles. The van der Waals surface area contributed by atoms with Crippen LogP contribution in [-0.4, -0.2) is 0 Å². The highest BCUT2D eigenvalue weighted by molar-refractivity contribution is 6.31. The van der Waals surface area contributed by atoms with Crippen molar-refractivity contribution in [3.05, 3.63) is 69.0 Å². The predicted molar refractivity (Wildman–Crippen MR) is 77.1 cm³/mol. The Morgan fingerprint density at radius 1 is 1.20 bits per heavy atom. The molecule has 104 valence electrons. The van der Waals surface area contributed by atoms with Crippen molar-refractivity contribution in [2.24, 2.45) is 5.73 Å². The third-order valence-electron chi connectivity index (χ3n) is 3.72. The Labute approximate surface area is 122 Å². The lowest BCUT2D eigenvalue weighted by molar-refractivity contribution is 0.134. The Morgan fingerprint density at radius 3 is 2.75 bits per heavy atom. The van der Waals surface area contributed by atoms with E-state index >= 15 is 0 Å². The van der Waals surface area contributed by atoms with E-state index in [1.165, 1.54) is 11.6 Å². The fourth-order valence-corrected chi connectivity index (χ4v) is 2.75. The highest BCUT2D eigenvalue weighted by Crippen LogP contribution is 2.31. The molecule has 4 heteroatoms. The van der Waals surface area contributed by atoms with Gasteiger partial charge in [-0.15, -0.1) is 0 Å². The standard InChI is InChI=1S/C16H15ClFNO/c1-9-4-13(14(17)6-15(9)18)16(19)10-2-3-11-7-20-8-12(11)5-10/h2-6,16H,7-8,19H2,1H3. The van der Waals surface area contributed by atoms with E-state index in [4.69, 9.17) is 22.1 Å². The van der Waals surface area contributed by atoms with E-state index in [0.717, 1.165) is 16.7 Å². The lowest BCUT2D eigenvalue weighted by Crippen LogP contribution is -2.13. The highest BCUT2D eigenvalue weighted by atomic mass is 35.5. The Bertz CT molecular complexity index is 672. The summed E-state index contributed by atoms with van der Waals surface area (Å²) in [5, 5.41) is 0.359. The van der Waals surface area contributed by atoms with Crippen molar-refractivity contribution in [2.45, 2.75) is 26.2 Å². The van der Waals surface area contributed by atoms with E-state index in [-0.39, 0.29) is 11.9 Å². The third-order valence-corrected chi connectivity index (χ3v) is 4.04. The molecule has 0 aliphatic carbocycles. The van der Waals surface area contributed by atoms with Crippen LogP contribution < -0.4 is 5.73 Å². The molecule has 3 rings (SSSR count). The van der Waals surface area contributed by atoms with E-state index in [0.29, 0.717) is 23.8 Å². The molecular formula is C16H15ClFNO. The summed E-state index contributed by atoms with van der Waals surface area (Å²) in [6.45, 7) is 2.98. The molecule has 1 heterocycles. The lowest BCUT2D eigenvalue weighted by atomic mass is 9.95. The average Bonchev–Trinajstić information content (AvgIpc) is 2.89. The zero-order valence-corrected chi connectivity index (χ0v) is 11.9. The summed E-state index contributed by atoms with van der Waals surface area (Å²) in [6, 6.07) is 8.72. The first-order valence-electron chi connectivity index (χ1n) is 6.47. The molecule has 0 bridgehead atoms. The first-order valence-corrected chi connectivity index (χ1v) is 6.84. The third kappa shape index (κ3) is 2.33. The van der Waals surface area contributed by atoms with Crippen LogP contribution in [0.5, 0.6) is 0 Å². The van der Waals surface area contributed by atoms with E-state index in [9.17, 15) is 4.39 Å². The number of halogens is 2. The number of fused-ring (bicyclic) bond motifs is 1. The van der Waals surface area contributed by atoms with Gasteiger partial charge in [-0.2, -0.15) is 0 Å². The van der Waals surface area contributed by atoms with Crippen LogP contribution in [0.2, 0.25) is 5.02 Å². The van der Waals surface area contributed by atoms with Crippen molar-refractivity contribution in [3.63, 3.8) is 0 Å². The molecule has 0 saturated heterocycles. The Morgan fingerprint density at radius 2 is 1.95 bits per heavy atom. The van der Waals surface area contributed by atoms with Gasteiger partial charge < -0.3 is 10.5 Å². The average molecular weight is 292 g/mol. The maximum atomic E-state index is 13.5. The number of hydrogen-bond donors (Lipinski definition) is 1. The van der Waals surface area contributed by atoms with Gasteiger partial charge in [0.05, 0.1) is 19.3 Å². The number of aryl methyl sites for hydroxylation is 1. The molecule has 1 atom stereocenters. The maximum absolute atomic E-state index is 13.5. The zero-order chi connectivity index (χ0) is 14.3. The molecule has 20 heavy (non-hydrogen) atoms. The molecular weight excluding hydrogens is 277 g/mol. The zero-order valence-electron chi connectivity index (χ0n) is 11.1. The van der Waals surface area contributed by atoms with Crippen LogP contribution >= 0.6 is 11.6 Å². The summed E-state index contributed by atoms with van der Waals surface area (Å²) < 4.78 is 18.9. The SMILES string of the molecule is Cc1cc(C(N)c2ccc3c(c2)COC3)c(Cl)cc1F. The second-order valence-electron chi connectivity index (χ2n) is 5.12. The highest BCUT2D eigenvalue weighted by Gasteiger charge is 2.18. The van der Waals surface area contributed by atoms with Gasteiger partial charge in [-0.3, -0.25) is 0 Å². The van der Waals surface area contributed by atoms with Gasteiger partial charge in [0, 0.05) is 5.02 Å². The van der Waals surface area contributed by atoms with Gasteiger partial charge in [-0.05, 0) is 46.9 Å². The lowest BCUT2D eigenvalue weighted by Gasteiger charge is -2.16. The van der Waals surface area contributed by atoms with Crippen molar-refractivity contribution in [3.8, 4) is 0 Å². The molecule has 2 N–H and O–H groups in total. The monoisotopic (exact) mass is 291 g/mol. The number of nitrogens with two attached hydrogens (primary N) is 1. The summed E-state index contributed by atoms with van der Waals surface area (Å²) in [5.74, 6) is -0.312. The molecule has 2 aromatic rings. The largest absolute Gasteiger partial charge is 0.372 e. The molecule has 0 radical (unpaired) electrons. The summed E-state index contributed by atoms with van der Waals surface area (Å²) >= 11 is 6.12. The normalized spacial score (nSPS) is 15.2. The van der Waals surface area contributed by atoms with Gasteiger partial charge in [0.15, 0.2) is 0 Å². The predicted octanol–water partition coefficient (Wildman–Crippen LogP) is 3.87. The Balaban J connectivity index is 2.00. The molecule has 0 saturated carbocycles. The van der Waals surface area contributed by atoms with E-state index in [2.05, 4.69) is 0 Å². The summed E-state index contributed by atoms with van der Waals surface area (Å²) in [5.41, 5.74) is 10.9. The van der Waals surface area contributed by atoms with Crippen LogP contribution in [-0.2, 0) is 18.0 Å². The number of rotatable bonds is 2. The minimum Gasteiger partial charge on any atom is -0.372 e. The van der Waals surface area contributed by atoms with Crippen LogP contribution in [0, 0.1) is 12.7 Å². The Hall–Kier alpha value is -1.42. The van der Waals surface area contributed by atoms with Crippen molar-refractivity contribution in [1.82, 2.24) is 0 Å². The number of ether oxygens (including phenoxy) is 1. The minimum absolute atomic E-state index is 0.312. The molecule has 0 spiro atoms. The second kappa shape index (κ2) is 5.17. The molecule has 0 fully saturated rings. The van der Waals surface area contributed by atoms with Gasteiger partial charge in [0.1, 0.15) is 5.82 Å². The first-order chi connectivity index (χ1) is 9.56. The number of hydrogen-bond acceptors (Lipinski definition) is 2. The molecule has 1 unspecified atom stereocenters. The van der Waals surface area contributed by atoms with Crippen molar-refractivity contribution < 1.29 is 9.13 Å². The van der Waals surface area contributed by atoms with Gasteiger partial charge in [0.2, 0.25) is 0 Å². The van der Waals surface area contributed by atoms with E-state index in [1.54, 1.807) is 13.0 Å². The van der Waals surface area contributed by atoms with Crippen molar-refractivity contribution in [1.29, 1.82) is 0 Å². The van der Waals surface area contributed by atoms with Crippen molar-refractivity contribution >= 4 is 11.6 Å². The fourth-order valence-electron chi connectivity index (χ4n) is 2.48. The molecule has 2 nitrogen and oxygen atoms in total. The van der Waals surface area contributed by atoms with Gasteiger partial charge >= 0.3 is 0 Å². The van der Waals surface area contributed by atoms with E-state index < -0.39 is 0 Å². The molecule has 2 aromatic carbocycles. The van der Waals surface area contributed by atoms with Crippen LogP contribution in [0.1, 0.15) is 33.9 Å². The van der Waals surface area contributed by atoms with Gasteiger partial charge in [0.25, 0.3) is 0 Å². The molecule has 1 aliphatic heterocycles. The smallest absolute Gasteiger partial charge is 0.127 e. The van der Waals surface area contributed by atoms with Crippen LogP contribution in [0.3, 0.4) is 0 Å². The molecule has 0 amide bonds.